The number of hydrogen-bond donors (Lipinski definition) is 1. The third kappa shape index (κ3) is 3.46. The number of likely N-dealkylation sites (N-methyl/N-ethyl adjacent to an activating group) is 1. The number of carbonyl (C=O) groups is 1. The number of nitrogens with two attached hydrogens (primary N) is 1. The van der Waals surface area contributed by atoms with Gasteiger partial charge in [-0.05, 0) is 37.3 Å². The van der Waals surface area contributed by atoms with Gasteiger partial charge >= 0.3 is 6.03 Å². The number of anilines is 2. The molecule has 2 amide bonds. The summed E-state index contributed by atoms with van der Waals surface area (Å²) < 4.78 is 59.6. The molecule has 0 aliphatic carbocycles. The van der Waals surface area contributed by atoms with Crippen molar-refractivity contribution in [1.82, 2.24) is 19.4 Å². The molecule has 11 heteroatoms. The number of hydrogen-bond acceptors (Lipinski definition) is 4. The lowest BCUT2D eigenvalue weighted by Gasteiger charge is -2.19. The van der Waals surface area contributed by atoms with Crippen molar-refractivity contribution in [1.29, 1.82) is 0 Å². The molecular formula is C24H20F4N6O. The summed E-state index contributed by atoms with van der Waals surface area (Å²) in [7, 11) is 3.11. The Morgan fingerprint density at radius 2 is 1.69 bits per heavy atom. The number of halogens is 4. The van der Waals surface area contributed by atoms with Crippen LogP contribution in [0.15, 0.2) is 36.5 Å². The Morgan fingerprint density at radius 3 is 2.40 bits per heavy atom. The molecule has 1 saturated heterocycles. The fourth-order valence-corrected chi connectivity index (χ4v) is 4.55. The summed E-state index contributed by atoms with van der Waals surface area (Å²) in [5.74, 6) is -3.49. The molecule has 4 aromatic rings. The standard InChI is InChI=1S/C24H20F4N6O/c1-11-30-22(29)19-14(9-32(2)23(19)31-11)13-5-4-12(8-17(13)27)34-10-18(33(3)24(34)35)20-15(25)6-7-16(26)21(20)28/h4-9,18H,10H2,1-3H3,(H2,29,30,31). The van der Waals surface area contributed by atoms with Gasteiger partial charge in [0.25, 0.3) is 0 Å². The highest BCUT2D eigenvalue weighted by molar-refractivity contribution is 6.01. The van der Waals surface area contributed by atoms with Crippen LogP contribution < -0.4 is 10.6 Å². The van der Waals surface area contributed by atoms with E-state index in [0.717, 1.165) is 17.0 Å². The number of aryl methyl sites for hydroxylation is 2. The summed E-state index contributed by atoms with van der Waals surface area (Å²) in [5, 5.41) is 0.499. The molecule has 0 radical (unpaired) electrons. The van der Waals surface area contributed by atoms with Crippen LogP contribution in [0, 0.1) is 30.2 Å². The second-order valence-electron chi connectivity index (χ2n) is 8.45. The van der Waals surface area contributed by atoms with Crippen LogP contribution in [0.4, 0.5) is 33.9 Å². The minimum atomic E-state index is -1.36. The molecule has 1 aliphatic heterocycles. The van der Waals surface area contributed by atoms with Gasteiger partial charge in [0.1, 0.15) is 28.9 Å². The monoisotopic (exact) mass is 484 g/mol. The van der Waals surface area contributed by atoms with Crippen LogP contribution in [0.2, 0.25) is 0 Å². The topological polar surface area (TPSA) is 80.3 Å². The molecule has 7 nitrogen and oxygen atoms in total. The highest BCUT2D eigenvalue weighted by Gasteiger charge is 2.40. The number of rotatable bonds is 3. The van der Waals surface area contributed by atoms with Gasteiger partial charge in [-0.15, -0.1) is 0 Å². The van der Waals surface area contributed by atoms with E-state index in [9.17, 15) is 18.0 Å². The highest BCUT2D eigenvalue weighted by atomic mass is 19.2. The summed E-state index contributed by atoms with van der Waals surface area (Å²) in [6, 6.07) is 3.96. The number of amides is 2. The zero-order valence-corrected chi connectivity index (χ0v) is 19.0. The quantitative estimate of drug-likeness (QED) is 0.338. The van der Waals surface area contributed by atoms with Gasteiger partial charge in [0.05, 0.1) is 23.5 Å². The van der Waals surface area contributed by atoms with Gasteiger partial charge < -0.3 is 15.2 Å². The highest BCUT2D eigenvalue weighted by Crippen LogP contribution is 2.38. The van der Waals surface area contributed by atoms with Crippen LogP contribution in [-0.2, 0) is 7.05 Å². The Morgan fingerprint density at radius 1 is 0.971 bits per heavy atom. The van der Waals surface area contributed by atoms with Gasteiger partial charge in [-0.2, -0.15) is 0 Å². The zero-order chi connectivity index (χ0) is 25.2. The first-order valence-corrected chi connectivity index (χ1v) is 10.6. The summed E-state index contributed by atoms with van der Waals surface area (Å²) >= 11 is 0. The van der Waals surface area contributed by atoms with E-state index in [1.54, 1.807) is 24.7 Å². The van der Waals surface area contributed by atoms with E-state index in [2.05, 4.69) is 9.97 Å². The third-order valence-electron chi connectivity index (χ3n) is 6.28. The van der Waals surface area contributed by atoms with Gasteiger partial charge in [-0.3, -0.25) is 4.90 Å². The minimum absolute atomic E-state index is 0.183. The van der Waals surface area contributed by atoms with Gasteiger partial charge in [-0.1, -0.05) is 0 Å². The van der Waals surface area contributed by atoms with E-state index in [1.807, 2.05) is 0 Å². The lowest BCUT2D eigenvalue weighted by molar-refractivity contribution is 0.217. The number of nitrogen functional groups attached to an aromatic ring is 1. The molecule has 5 rings (SSSR count). The maximum Gasteiger partial charge on any atom is 0.324 e. The van der Waals surface area contributed by atoms with E-state index >= 15 is 4.39 Å². The molecular weight excluding hydrogens is 464 g/mol. The minimum Gasteiger partial charge on any atom is -0.383 e. The first-order chi connectivity index (χ1) is 16.6. The lowest BCUT2D eigenvalue weighted by atomic mass is 10.0. The average Bonchev–Trinajstić information content (AvgIpc) is 3.28. The van der Waals surface area contributed by atoms with Crippen molar-refractivity contribution < 1.29 is 22.4 Å². The van der Waals surface area contributed by atoms with Crippen molar-refractivity contribution in [3.8, 4) is 11.1 Å². The maximum absolute atomic E-state index is 15.4. The van der Waals surface area contributed by atoms with Crippen molar-refractivity contribution in [2.45, 2.75) is 13.0 Å². The second-order valence-corrected chi connectivity index (χ2v) is 8.45. The van der Waals surface area contributed by atoms with Gasteiger partial charge in [0.15, 0.2) is 11.6 Å². The van der Waals surface area contributed by atoms with Crippen molar-refractivity contribution in [2.75, 3.05) is 24.2 Å². The fraction of sp³-hybridized carbons (Fsp3) is 0.208. The average molecular weight is 484 g/mol. The Labute approximate surface area is 197 Å². The third-order valence-corrected chi connectivity index (χ3v) is 6.28. The molecule has 180 valence electrons. The number of nitrogens with zero attached hydrogens (tertiary/aromatic N) is 5. The summed E-state index contributed by atoms with van der Waals surface area (Å²) in [6.45, 7) is 1.51. The Kier molecular flexibility index (Phi) is 5.15. The SMILES string of the molecule is Cc1nc(N)c2c(-c3ccc(N4CC(c5c(F)ccc(F)c5F)N(C)C4=O)cc3F)cn(C)c2n1. The molecule has 1 aliphatic rings. The summed E-state index contributed by atoms with van der Waals surface area (Å²) in [4.78, 5) is 23.7. The molecule has 2 aromatic heterocycles. The number of fused-ring (bicyclic) bond motifs is 1. The van der Waals surface area contributed by atoms with Gasteiger partial charge in [-0.25, -0.2) is 32.3 Å². The van der Waals surface area contributed by atoms with E-state index in [1.165, 1.54) is 24.1 Å². The van der Waals surface area contributed by atoms with Crippen LogP contribution in [-0.4, -0.2) is 39.1 Å². The number of carbonyl (C=O) groups excluding carboxylic acids is 1. The first-order valence-electron chi connectivity index (χ1n) is 10.6. The van der Waals surface area contributed by atoms with Crippen LogP contribution in [0.1, 0.15) is 17.4 Å². The molecule has 0 spiro atoms. The normalized spacial score (nSPS) is 16.1. The van der Waals surface area contributed by atoms with Crippen LogP contribution in [0.5, 0.6) is 0 Å². The van der Waals surface area contributed by atoms with Crippen LogP contribution >= 0.6 is 0 Å². The number of benzene rings is 2. The summed E-state index contributed by atoms with van der Waals surface area (Å²) in [5.41, 5.74) is 6.97. The van der Waals surface area contributed by atoms with Gasteiger partial charge in [0.2, 0.25) is 0 Å². The molecule has 2 N–H and O–H groups in total. The van der Waals surface area contributed by atoms with E-state index in [0.29, 0.717) is 28.5 Å². The van der Waals surface area contributed by atoms with Crippen LogP contribution in [0.25, 0.3) is 22.2 Å². The fourth-order valence-electron chi connectivity index (χ4n) is 4.55. The molecule has 2 aromatic carbocycles. The van der Waals surface area contributed by atoms with Crippen molar-refractivity contribution >= 4 is 28.6 Å². The largest absolute Gasteiger partial charge is 0.383 e. The van der Waals surface area contributed by atoms with Crippen LogP contribution in [0.3, 0.4) is 0 Å². The molecule has 1 fully saturated rings. The first kappa shape index (κ1) is 22.6. The van der Waals surface area contributed by atoms with E-state index in [-0.39, 0.29) is 23.6 Å². The smallest absolute Gasteiger partial charge is 0.324 e. The second kappa shape index (κ2) is 7.97. The molecule has 35 heavy (non-hydrogen) atoms. The molecule has 1 atom stereocenters. The maximum atomic E-state index is 15.4. The van der Waals surface area contributed by atoms with E-state index in [4.69, 9.17) is 5.73 Å². The van der Waals surface area contributed by atoms with Crippen molar-refractivity contribution in [3.05, 3.63) is 71.2 Å². The Balaban J connectivity index is 1.53. The molecule has 0 saturated carbocycles. The summed E-state index contributed by atoms with van der Waals surface area (Å²) in [6.07, 6.45) is 1.69. The molecule has 1 unspecified atom stereocenters. The molecule has 3 heterocycles. The predicted octanol–water partition coefficient (Wildman–Crippen LogP) is 4.70. The van der Waals surface area contributed by atoms with Crippen molar-refractivity contribution in [3.63, 3.8) is 0 Å². The van der Waals surface area contributed by atoms with Crippen molar-refractivity contribution in [2.24, 2.45) is 7.05 Å². The molecule has 0 bridgehead atoms. The predicted molar refractivity (Wildman–Crippen MR) is 123 cm³/mol. The zero-order valence-electron chi connectivity index (χ0n) is 19.0. The van der Waals surface area contributed by atoms with E-state index < -0.39 is 40.9 Å². The number of urea groups is 1. The number of aromatic nitrogens is 3. The Hall–Kier alpha value is -4.15. The van der Waals surface area contributed by atoms with Gasteiger partial charge in [0, 0.05) is 37.1 Å². The lowest BCUT2D eigenvalue weighted by Crippen LogP contribution is -2.29. The Bertz CT molecular complexity index is 1520.